The number of hydrogen-bond donors (Lipinski definition) is 0. The maximum absolute atomic E-state index is 12.2. The molecule has 0 aromatic heterocycles. The molecule has 1 aromatic carbocycles. The number of benzene rings is 1. The molecule has 0 aliphatic carbocycles. The van der Waals surface area contributed by atoms with Gasteiger partial charge in [-0.25, -0.2) is 0 Å². The summed E-state index contributed by atoms with van der Waals surface area (Å²) in [5, 5.41) is 0. The summed E-state index contributed by atoms with van der Waals surface area (Å²) < 4.78 is 10.9. The number of likely N-dealkylation sites (tertiary alicyclic amines) is 1. The van der Waals surface area contributed by atoms with E-state index in [-0.39, 0.29) is 5.92 Å². The third-order valence-corrected chi connectivity index (χ3v) is 4.01. The van der Waals surface area contributed by atoms with E-state index in [2.05, 4.69) is 11.8 Å². The molecule has 1 atom stereocenters. The van der Waals surface area contributed by atoms with Gasteiger partial charge in [0.2, 0.25) is 0 Å². The molecular weight excluding hydrogens is 254 g/mol. The van der Waals surface area contributed by atoms with Crippen LogP contribution in [0.15, 0.2) is 12.1 Å². The summed E-state index contributed by atoms with van der Waals surface area (Å²) in [7, 11) is 5.37. The molecule has 0 radical (unpaired) electrons. The van der Waals surface area contributed by atoms with Gasteiger partial charge < -0.3 is 14.4 Å². The second-order valence-electron chi connectivity index (χ2n) is 5.29. The number of likely N-dealkylation sites (N-methyl/N-ethyl adjacent to an activating group) is 1. The normalized spacial score (nSPS) is 20.0. The smallest absolute Gasteiger partial charge is 0.142 e. The fourth-order valence-electron chi connectivity index (χ4n) is 2.83. The predicted octanol–water partition coefficient (Wildman–Crippen LogP) is 2.25. The van der Waals surface area contributed by atoms with Gasteiger partial charge in [0.15, 0.2) is 0 Å². The summed E-state index contributed by atoms with van der Waals surface area (Å²) in [6, 6.07) is 3.98. The molecule has 0 spiro atoms. The van der Waals surface area contributed by atoms with Crippen LogP contribution in [-0.4, -0.2) is 45.0 Å². The Kier molecular flexibility index (Phi) is 4.65. The van der Waals surface area contributed by atoms with Crippen molar-refractivity contribution in [1.82, 2.24) is 4.90 Å². The van der Waals surface area contributed by atoms with E-state index in [9.17, 15) is 4.79 Å². The number of carbonyl (C=O) groups is 1. The highest BCUT2D eigenvalue weighted by molar-refractivity contribution is 5.87. The number of Topliss-reactive ketones (excluding diaryl/α,β-unsaturated/α-hetero) is 1. The minimum Gasteiger partial charge on any atom is -0.496 e. The highest BCUT2D eigenvalue weighted by Gasteiger charge is 2.28. The second-order valence-corrected chi connectivity index (χ2v) is 5.29. The van der Waals surface area contributed by atoms with Gasteiger partial charge in [0.05, 0.1) is 20.1 Å². The third kappa shape index (κ3) is 2.80. The molecule has 20 heavy (non-hydrogen) atoms. The molecule has 4 nitrogen and oxygen atoms in total. The monoisotopic (exact) mass is 277 g/mol. The number of nitrogens with zero attached hydrogens (tertiary/aromatic N) is 1. The lowest BCUT2D eigenvalue weighted by Gasteiger charge is -2.29. The zero-order valence-corrected chi connectivity index (χ0v) is 12.7. The predicted molar refractivity (Wildman–Crippen MR) is 78.8 cm³/mol. The lowest BCUT2D eigenvalue weighted by molar-refractivity contribution is -0.123. The van der Waals surface area contributed by atoms with Crippen LogP contribution < -0.4 is 9.47 Å². The zero-order valence-electron chi connectivity index (χ0n) is 12.7. The Labute approximate surface area is 120 Å². The standard InChI is InChI=1S/C16H23NO3/c1-5-12-15(19-3)8-11(9-16(12)20-4)13-10-17(2)7-6-14(13)18/h8-9,13H,5-7,10H2,1-4H3. The van der Waals surface area contributed by atoms with Gasteiger partial charge >= 0.3 is 0 Å². The Morgan fingerprint density at radius 3 is 2.35 bits per heavy atom. The van der Waals surface area contributed by atoms with E-state index >= 15 is 0 Å². The minimum absolute atomic E-state index is 0.0811. The van der Waals surface area contributed by atoms with E-state index in [1.165, 1.54) is 0 Å². The molecule has 0 saturated carbocycles. The number of carbonyl (C=O) groups excluding carboxylic acids is 1. The quantitative estimate of drug-likeness (QED) is 0.846. The van der Waals surface area contributed by atoms with Gasteiger partial charge in [-0.05, 0) is 31.2 Å². The van der Waals surface area contributed by atoms with Gasteiger partial charge in [-0.2, -0.15) is 0 Å². The van der Waals surface area contributed by atoms with Crippen LogP contribution in [0.1, 0.15) is 30.4 Å². The second kappa shape index (κ2) is 6.27. The maximum atomic E-state index is 12.2. The molecule has 1 unspecified atom stereocenters. The van der Waals surface area contributed by atoms with Gasteiger partial charge in [0, 0.05) is 25.1 Å². The number of ether oxygens (including phenoxy) is 2. The van der Waals surface area contributed by atoms with Gasteiger partial charge in [0.1, 0.15) is 17.3 Å². The summed E-state index contributed by atoms with van der Waals surface area (Å²) in [6.07, 6.45) is 1.45. The van der Waals surface area contributed by atoms with Gasteiger partial charge in [-0.15, -0.1) is 0 Å². The Morgan fingerprint density at radius 2 is 1.85 bits per heavy atom. The van der Waals surface area contributed by atoms with Crippen LogP contribution in [-0.2, 0) is 11.2 Å². The van der Waals surface area contributed by atoms with Crippen molar-refractivity contribution in [1.29, 1.82) is 0 Å². The first-order chi connectivity index (χ1) is 9.60. The van der Waals surface area contributed by atoms with Crippen LogP contribution in [0.5, 0.6) is 11.5 Å². The average Bonchev–Trinajstić information content (AvgIpc) is 2.48. The summed E-state index contributed by atoms with van der Waals surface area (Å²) in [5.74, 6) is 1.84. The highest BCUT2D eigenvalue weighted by Crippen LogP contribution is 2.35. The van der Waals surface area contributed by atoms with Crippen molar-refractivity contribution in [2.45, 2.75) is 25.7 Å². The van der Waals surface area contributed by atoms with E-state index in [0.717, 1.165) is 42.1 Å². The molecule has 1 aromatic rings. The fraction of sp³-hybridized carbons (Fsp3) is 0.562. The molecule has 4 heteroatoms. The van der Waals surface area contributed by atoms with Crippen molar-refractivity contribution >= 4 is 5.78 Å². The molecule has 1 fully saturated rings. The van der Waals surface area contributed by atoms with Crippen molar-refractivity contribution in [3.8, 4) is 11.5 Å². The molecule has 2 rings (SSSR count). The molecule has 0 N–H and O–H groups in total. The van der Waals surface area contributed by atoms with E-state index in [4.69, 9.17) is 9.47 Å². The van der Waals surface area contributed by atoms with Gasteiger partial charge in [0.25, 0.3) is 0 Å². The summed E-state index contributed by atoms with van der Waals surface area (Å²) >= 11 is 0. The SMILES string of the molecule is CCc1c(OC)cc(C2CN(C)CCC2=O)cc1OC. The average molecular weight is 277 g/mol. The van der Waals surface area contributed by atoms with Crippen molar-refractivity contribution in [2.75, 3.05) is 34.4 Å². The summed E-state index contributed by atoms with van der Waals surface area (Å²) in [4.78, 5) is 14.4. The molecule has 0 bridgehead atoms. The lowest BCUT2D eigenvalue weighted by Crippen LogP contribution is -2.36. The number of piperidine rings is 1. The van der Waals surface area contributed by atoms with E-state index < -0.39 is 0 Å². The van der Waals surface area contributed by atoms with E-state index in [1.54, 1.807) is 14.2 Å². The minimum atomic E-state index is -0.0811. The Bertz CT molecular complexity index is 473. The molecule has 1 aliphatic heterocycles. The molecule has 0 amide bonds. The Morgan fingerprint density at radius 1 is 1.25 bits per heavy atom. The Hall–Kier alpha value is -1.55. The van der Waals surface area contributed by atoms with E-state index in [1.807, 2.05) is 19.2 Å². The van der Waals surface area contributed by atoms with Crippen LogP contribution >= 0.6 is 0 Å². The topological polar surface area (TPSA) is 38.8 Å². The molecular formula is C16H23NO3. The van der Waals surface area contributed by atoms with Crippen LogP contribution in [0.25, 0.3) is 0 Å². The maximum Gasteiger partial charge on any atom is 0.142 e. The van der Waals surface area contributed by atoms with Crippen LogP contribution in [0.4, 0.5) is 0 Å². The van der Waals surface area contributed by atoms with Crippen molar-refractivity contribution < 1.29 is 14.3 Å². The molecule has 1 saturated heterocycles. The first kappa shape index (κ1) is 14.9. The molecule has 110 valence electrons. The van der Waals surface area contributed by atoms with Gasteiger partial charge in [-0.1, -0.05) is 6.92 Å². The fourth-order valence-corrected chi connectivity index (χ4v) is 2.83. The van der Waals surface area contributed by atoms with E-state index in [0.29, 0.717) is 12.2 Å². The molecule has 1 aliphatic rings. The van der Waals surface area contributed by atoms with Crippen molar-refractivity contribution in [2.24, 2.45) is 0 Å². The summed E-state index contributed by atoms with van der Waals surface area (Å²) in [6.45, 7) is 3.67. The largest absolute Gasteiger partial charge is 0.496 e. The number of ketones is 1. The van der Waals surface area contributed by atoms with Gasteiger partial charge in [-0.3, -0.25) is 4.79 Å². The highest BCUT2D eigenvalue weighted by atomic mass is 16.5. The van der Waals surface area contributed by atoms with Crippen molar-refractivity contribution in [3.63, 3.8) is 0 Å². The third-order valence-electron chi connectivity index (χ3n) is 4.01. The Balaban J connectivity index is 2.43. The molecule has 1 heterocycles. The van der Waals surface area contributed by atoms with Crippen molar-refractivity contribution in [3.05, 3.63) is 23.3 Å². The first-order valence-electron chi connectivity index (χ1n) is 7.06. The van der Waals surface area contributed by atoms with Crippen LogP contribution in [0.2, 0.25) is 0 Å². The number of rotatable bonds is 4. The number of methoxy groups -OCH3 is 2. The number of hydrogen-bond acceptors (Lipinski definition) is 4. The zero-order chi connectivity index (χ0) is 14.7. The van der Waals surface area contributed by atoms with Crippen LogP contribution in [0.3, 0.4) is 0 Å². The lowest BCUT2D eigenvalue weighted by atomic mass is 9.88. The summed E-state index contributed by atoms with van der Waals surface area (Å²) in [5.41, 5.74) is 2.04. The first-order valence-corrected chi connectivity index (χ1v) is 7.06. The van der Waals surface area contributed by atoms with Crippen LogP contribution in [0, 0.1) is 0 Å².